The monoisotopic (exact) mass is 406 g/mol. The molecule has 0 aromatic heterocycles. The molecule has 0 heterocycles. The maximum absolute atomic E-state index is 12.3. The summed E-state index contributed by atoms with van der Waals surface area (Å²) in [6.45, 7) is 4.17. The first-order chi connectivity index (χ1) is 13.5. The maximum atomic E-state index is 12.3. The van der Waals surface area contributed by atoms with Crippen molar-refractivity contribution in [3.63, 3.8) is 0 Å². The van der Waals surface area contributed by atoms with E-state index in [0.29, 0.717) is 12.0 Å². The summed E-state index contributed by atoms with van der Waals surface area (Å²) in [6, 6.07) is 7.93. The van der Waals surface area contributed by atoms with E-state index in [1.807, 2.05) is 19.1 Å². The van der Waals surface area contributed by atoms with E-state index in [1.54, 1.807) is 0 Å². The lowest BCUT2D eigenvalue weighted by molar-refractivity contribution is -0.137. The van der Waals surface area contributed by atoms with Crippen molar-refractivity contribution in [2.75, 3.05) is 0 Å². The second-order valence-electron chi connectivity index (χ2n) is 7.78. The van der Waals surface area contributed by atoms with Gasteiger partial charge < -0.3 is 5.11 Å². The molecule has 1 unspecified atom stereocenters. The lowest BCUT2D eigenvalue weighted by Gasteiger charge is -2.09. The summed E-state index contributed by atoms with van der Waals surface area (Å²) in [6.07, 6.45) is 15.2. The van der Waals surface area contributed by atoms with E-state index in [-0.39, 0.29) is 16.8 Å². The molecule has 158 valence electrons. The fraction of sp³-hybridized carbons (Fsp3) is 0.667. The van der Waals surface area contributed by atoms with E-state index in [0.717, 1.165) is 6.42 Å². The average Bonchev–Trinajstić information content (AvgIpc) is 2.68. The molecule has 0 bridgehead atoms. The Hall–Kier alpha value is -1.29. The van der Waals surface area contributed by atoms with Gasteiger partial charge >= 0.3 is 5.97 Å². The second-order valence-corrected chi connectivity index (χ2v) is 9.19. The topological polar surface area (TPSA) is 54.4 Å². The summed E-state index contributed by atoms with van der Waals surface area (Å²) in [4.78, 5) is 22.9. The van der Waals surface area contributed by atoms with Gasteiger partial charge in [-0.05, 0) is 24.8 Å². The average molecular weight is 407 g/mol. The van der Waals surface area contributed by atoms with Crippen LogP contribution in [0.4, 0.5) is 0 Å². The van der Waals surface area contributed by atoms with Crippen LogP contribution in [0.25, 0.3) is 0 Å². The lowest BCUT2D eigenvalue weighted by Crippen LogP contribution is -2.06. The zero-order chi connectivity index (χ0) is 20.6. The van der Waals surface area contributed by atoms with Gasteiger partial charge in [-0.3, -0.25) is 9.59 Å². The highest BCUT2D eigenvalue weighted by molar-refractivity contribution is 8.14. The van der Waals surface area contributed by atoms with Crippen LogP contribution in [-0.4, -0.2) is 21.4 Å². The smallest absolute Gasteiger partial charge is 0.303 e. The molecule has 0 aliphatic rings. The molecule has 1 aromatic rings. The molecule has 28 heavy (non-hydrogen) atoms. The third-order valence-electron chi connectivity index (χ3n) is 5.08. The number of carboxylic acid groups (broad SMARTS) is 1. The van der Waals surface area contributed by atoms with Crippen LogP contribution in [0.5, 0.6) is 0 Å². The Morgan fingerprint density at radius 1 is 0.893 bits per heavy atom. The Balaban J connectivity index is 2.15. The molecule has 1 aromatic carbocycles. The molecule has 1 atom stereocenters. The molecule has 0 aliphatic carbocycles. The molecule has 0 saturated heterocycles. The number of carboxylic acids is 1. The summed E-state index contributed by atoms with van der Waals surface area (Å²) in [5.74, 6) is -0.809. The molecule has 1 rings (SSSR count). The molecule has 0 amide bonds. The minimum absolute atomic E-state index is 0.0231. The first-order valence-corrected chi connectivity index (χ1v) is 11.9. The van der Waals surface area contributed by atoms with Crippen LogP contribution in [0.15, 0.2) is 24.3 Å². The fourth-order valence-electron chi connectivity index (χ4n) is 3.26. The van der Waals surface area contributed by atoms with Gasteiger partial charge in [0.1, 0.15) is 0 Å². The first-order valence-electron chi connectivity index (χ1n) is 11.0. The fourth-order valence-corrected chi connectivity index (χ4v) is 4.13. The molecule has 0 radical (unpaired) electrons. The zero-order valence-electron chi connectivity index (χ0n) is 17.8. The molecule has 1 N–H and O–H groups in total. The first kappa shape index (κ1) is 24.7. The van der Waals surface area contributed by atoms with E-state index < -0.39 is 5.97 Å². The Labute approximate surface area is 175 Å². The third kappa shape index (κ3) is 12.2. The highest BCUT2D eigenvalue weighted by Crippen LogP contribution is 2.22. The van der Waals surface area contributed by atoms with Crippen molar-refractivity contribution in [3.8, 4) is 0 Å². The minimum atomic E-state index is -0.809. The highest BCUT2D eigenvalue weighted by Gasteiger charge is 2.13. The standard InChI is InChI=1S/C24H38O3S/c1-3-4-5-6-7-8-9-10-11-12-13-21-15-17-22(18-16-21)24(27)28-20(2)14-19-23(25)26/h15-18,20H,3-14,19H2,1-2H3,(H,25,26). The normalized spacial score (nSPS) is 12.1. The Morgan fingerprint density at radius 2 is 1.43 bits per heavy atom. The van der Waals surface area contributed by atoms with E-state index in [1.165, 1.54) is 81.5 Å². The Kier molecular flexibility index (Phi) is 13.8. The third-order valence-corrected chi connectivity index (χ3v) is 6.17. The van der Waals surface area contributed by atoms with Gasteiger partial charge in [0.15, 0.2) is 0 Å². The van der Waals surface area contributed by atoms with E-state index in [2.05, 4.69) is 19.1 Å². The zero-order valence-corrected chi connectivity index (χ0v) is 18.6. The van der Waals surface area contributed by atoms with Gasteiger partial charge in [-0.2, -0.15) is 0 Å². The summed E-state index contributed by atoms with van der Waals surface area (Å²) in [5.41, 5.74) is 2.00. The number of aliphatic carboxylic acids is 1. The van der Waals surface area contributed by atoms with Crippen molar-refractivity contribution < 1.29 is 14.7 Å². The quantitative estimate of drug-likeness (QED) is 0.293. The summed E-state index contributed by atoms with van der Waals surface area (Å²) in [5, 5.41) is 8.77. The molecule has 3 nitrogen and oxygen atoms in total. The molecular weight excluding hydrogens is 368 g/mol. The number of benzene rings is 1. The Bertz CT molecular complexity index is 553. The molecule has 0 fully saturated rings. The van der Waals surface area contributed by atoms with E-state index >= 15 is 0 Å². The second kappa shape index (κ2) is 15.6. The van der Waals surface area contributed by atoms with Gasteiger partial charge in [-0.1, -0.05) is 108 Å². The molecule has 0 saturated carbocycles. The van der Waals surface area contributed by atoms with Crippen LogP contribution < -0.4 is 0 Å². The maximum Gasteiger partial charge on any atom is 0.303 e. The van der Waals surface area contributed by atoms with Crippen LogP contribution in [0.1, 0.15) is 107 Å². The minimum Gasteiger partial charge on any atom is -0.481 e. The van der Waals surface area contributed by atoms with Crippen molar-refractivity contribution in [2.45, 2.75) is 103 Å². The van der Waals surface area contributed by atoms with Crippen molar-refractivity contribution >= 4 is 22.8 Å². The van der Waals surface area contributed by atoms with Crippen molar-refractivity contribution in [3.05, 3.63) is 35.4 Å². The number of hydrogen-bond donors (Lipinski definition) is 1. The van der Waals surface area contributed by atoms with E-state index in [4.69, 9.17) is 5.11 Å². The van der Waals surface area contributed by atoms with Gasteiger partial charge in [0.25, 0.3) is 0 Å². The summed E-state index contributed by atoms with van der Waals surface area (Å²) >= 11 is 1.23. The summed E-state index contributed by atoms with van der Waals surface area (Å²) < 4.78 is 0. The summed E-state index contributed by atoms with van der Waals surface area (Å²) in [7, 11) is 0. The van der Waals surface area contributed by atoms with Gasteiger partial charge in [-0.15, -0.1) is 0 Å². The lowest BCUT2D eigenvalue weighted by atomic mass is 10.0. The van der Waals surface area contributed by atoms with Crippen molar-refractivity contribution in [1.29, 1.82) is 0 Å². The van der Waals surface area contributed by atoms with Gasteiger partial charge in [0.05, 0.1) is 0 Å². The number of aryl methyl sites for hydroxylation is 1. The Morgan fingerprint density at radius 3 is 1.96 bits per heavy atom. The van der Waals surface area contributed by atoms with Gasteiger partial charge in [0.2, 0.25) is 5.12 Å². The molecular formula is C24H38O3S. The van der Waals surface area contributed by atoms with Crippen LogP contribution in [-0.2, 0) is 11.2 Å². The predicted octanol–water partition coefficient (Wildman–Crippen LogP) is 7.28. The number of carbonyl (C=O) groups excluding carboxylic acids is 1. The van der Waals surface area contributed by atoms with Crippen LogP contribution in [0, 0.1) is 0 Å². The number of rotatable bonds is 16. The largest absolute Gasteiger partial charge is 0.481 e. The highest BCUT2D eigenvalue weighted by atomic mass is 32.2. The number of thioether (sulfide) groups is 1. The number of carbonyl (C=O) groups is 2. The van der Waals surface area contributed by atoms with Crippen LogP contribution in [0.2, 0.25) is 0 Å². The van der Waals surface area contributed by atoms with Gasteiger partial charge in [-0.25, -0.2) is 0 Å². The van der Waals surface area contributed by atoms with Crippen molar-refractivity contribution in [1.82, 2.24) is 0 Å². The predicted molar refractivity (Wildman–Crippen MR) is 120 cm³/mol. The molecule has 4 heteroatoms. The van der Waals surface area contributed by atoms with Crippen LogP contribution in [0.3, 0.4) is 0 Å². The molecule has 0 spiro atoms. The molecule has 0 aliphatic heterocycles. The van der Waals surface area contributed by atoms with E-state index in [9.17, 15) is 9.59 Å². The van der Waals surface area contributed by atoms with Crippen LogP contribution >= 0.6 is 11.8 Å². The van der Waals surface area contributed by atoms with Gasteiger partial charge in [0, 0.05) is 17.2 Å². The SMILES string of the molecule is CCCCCCCCCCCCc1ccc(C(=O)SC(C)CCC(=O)O)cc1. The number of unbranched alkanes of at least 4 members (excludes halogenated alkanes) is 9. The number of hydrogen-bond acceptors (Lipinski definition) is 3. The van der Waals surface area contributed by atoms with Crippen molar-refractivity contribution in [2.24, 2.45) is 0 Å².